The van der Waals surface area contributed by atoms with Crippen molar-refractivity contribution in [1.82, 2.24) is 0 Å². The largest absolute Gasteiger partial charge is 0.0988 e. The van der Waals surface area contributed by atoms with E-state index >= 15 is 0 Å². The van der Waals surface area contributed by atoms with E-state index in [0.717, 1.165) is 12.8 Å². The molecular weight excluding hydrogens is 192 g/mol. The van der Waals surface area contributed by atoms with Crippen LogP contribution >= 0.6 is 0 Å². The van der Waals surface area contributed by atoms with Crippen molar-refractivity contribution in [2.45, 2.75) is 53.4 Å². The van der Waals surface area contributed by atoms with Crippen LogP contribution in [0.3, 0.4) is 0 Å². The second-order valence-corrected chi connectivity index (χ2v) is 4.42. The minimum Gasteiger partial charge on any atom is -0.0988 e. The molecule has 0 nitrogen and oxygen atoms in total. The van der Waals surface area contributed by atoms with Gasteiger partial charge in [-0.25, -0.2) is 0 Å². The van der Waals surface area contributed by atoms with E-state index in [2.05, 4.69) is 52.5 Å². The molecule has 0 heteroatoms. The second-order valence-electron chi connectivity index (χ2n) is 4.42. The molecule has 0 aromatic rings. The Morgan fingerprint density at radius 1 is 1.06 bits per heavy atom. The van der Waals surface area contributed by atoms with E-state index in [1.54, 1.807) is 5.57 Å². The Morgan fingerprint density at radius 3 is 2.25 bits per heavy atom. The Kier molecular flexibility index (Phi) is 8.61. The molecule has 0 saturated carbocycles. The van der Waals surface area contributed by atoms with Crippen LogP contribution in [0, 0.1) is 0 Å². The van der Waals surface area contributed by atoms with Gasteiger partial charge in [-0.05, 0) is 46.5 Å². The summed E-state index contributed by atoms with van der Waals surface area (Å²) in [7, 11) is 0. The Balaban J connectivity index is 4.12. The van der Waals surface area contributed by atoms with Crippen LogP contribution < -0.4 is 0 Å². The zero-order valence-corrected chi connectivity index (χ0v) is 11.3. The lowest BCUT2D eigenvalue weighted by atomic mass is 10.0. The Hall–Kier alpha value is -1.04. The number of rotatable bonds is 7. The van der Waals surface area contributed by atoms with Gasteiger partial charge in [-0.1, -0.05) is 54.5 Å². The molecule has 0 rings (SSSR count). The second kappa shape index (κ2) is 9.21. The summed E-state index contributed by atoms with van der Waals surface area (Å²) in [5.41, 5.74) is 4.24. The molecule has 0 bridgehead atoms. The van der Waals surface area contributed by atoms with E-state index in [-0.39, 0.29) is 0 Å². The van der Waals surface area contributed by atoms with E-state index in [1.807, 2.05) is 6.08 Å². The Morgan fingerprint density at radius 2 is 1.75 bits per heavy atom. The zero-order chi connectivity index (χ0) is 12.4. The molecule has 0 aliphatic rings. The molecule has 0 spiro atoms. The maximum Gasteiger partial charge on any atom is -0.0161 e. The summed E-state index contributed by atoms with van der Waals surface area (Å²) < 4.78 is 0. The SMILES string of the molecule is C=CC(C)=CCC=C(CC)CCC=C(C)C. The van der Waals surface area contributed by atoms with Crippen molar-refractivity contribution in [3.8, 4) is 0 Å². The minimum absolute atomic E-state index is 1.04. The highest BCUT2D eigenvalue weighted by atomic mass is 14.0. The molecule has 0 amide bonds. The fraction of sp³-hybridized carbons (Fsp3) is 0.500. The maximum atomic E-state index is 3.75. The number of hydrogen-bond donors (Lipinski definition) is 0. The summed E-state index contributed by atoms with van der Waals surface area (Å²) in [5.74, 6) is 0. The van der Waals surface area contributed by atoms with Crippen molar-refractivity contribution in [3.05, 3.63) is 47.6 Å². The molecule has 0 fully saturated rings. The van der Waals surface area contributed by atoms with Gasteiger partial charge in [0.15, 0.2) is 0 Å². The molecular formula is C16H26. The predicted octanol–water partition coefficient (Wildman–Crippen LogP) is 5.59. The topological polar surface area (TPSA) is 0 Å². The van der Waals surface area contributed by atoms with Gasteiger partial charge < -0.3 is 0 Å². The average Bonchev–Trinajstić information content (AvgIpc) is 2.26. The first-order chi connectivity index (χ1) is 7.60. The van der Waals surface area contributed by atoms with Gasteiger partial charge in [0.05, 0.1) is 0 Å². The zero-order valence-electron chi connectivity index (χ0n) is 11.3. The first-order valence-electron chi connectivity index (χ1n) is 6.20. The molecule has 0 atom stereocenters. The third kappa shape index (κ3) is 8.28. The minimum atomic E-state index is 1.04. The van der Waals surface area contributed by atoms with Crippen LogP contribution in [0.25, 0.3) is 0 Å². The summed E-state index contributed by atoms with van der Waals surface area (Å²) >= 11 is 0. The molecule has 16 heavy (non-hydrogen) atoms. The summed E-state index contributed by atoms with van der Waals surface area (Å²) in [5, 5.41) is 0. The monoisotopic (exact) mass is 218 g/mol. The molecule has 0 N–H and O–H groups in total. The van der Waals surface area contributed by atoms with Crippen LogP contribution in [0.1, 0.15) is 53.4 Å². The fourth-order valence-electron chi connectivity index (χ4n) is 1.46. The van der Waals surface area contributed by atoms with Crippen LogP contribution in [0.15, 0.2) is 47.6 Å². The van der Waals surface area contributed by atoms with Crippen LogP contribution in [-0.2, 0) is 0 Å². The van der Waals surface area contributed by atoms with Gasteiger partial charge in [0, 0.05) is 0 Å². The summed E-state index contributed by atoms with van der Waals surface area (Å²) in [6.07, 6.45) is 13.4. The molecule has 0 aliphatic carbocycles. The normalized spacial score (nSPS) is 12.5. The first-order valence-corrected chi connectivity index (χ1v) is 6.20. The Labute approximate surface area is 101 Å². The van der Waals surface area contributed by atoms with E-state index in [1.165, 1.54) is 24.0 Å². The summed E-state index contributed by atoms with van der Waals surface area (Å²) in [6.45, 7) is 12.4. The maximum absolute atomic E-state index is 3.75. The van der Waals surface area contributed by atoms with E-state index in [4.69, 9.17) is 0 Å². The first kappa shape index (κ1) is 15.0. The van der Waals surface area contributed by atoms with Crippen LogP contribution in [-0.4, -0.2) is 0 Å². The van der Waals surface area contributed by atoms with Gasteiger partial charge in [0.1, 0.15) is 0 Å². The lowest BCUT2D eigenvalue weighted by Gasteiger charge is -2.02. The van der Waals surface area contributed by atoms with Gasteiger partial charge >= 0.3 is 0 Å². The molecule has 0 unspecified atom stereocenters. The standard InChI is InChI=1S/C16H26/c1-6-15(5)11-9-13-16(7-2)12-8-10-14(3)4/h6,10-11,13H,1,7-9,12H2,2-5H3. The highest BCUT2D eigenvalue weighted by Crippen LogP contribution is 2.12. The van der Waals surface area contributed by atoms with Crippen molar-refractivity contribution >= 4 is 0 Å². The molecule has 0 radical (unpaired) electrons. The molecule has 0 aliphatic heterocycles. The third-order valence-electron chi connectivity index (χ3n) is 2.64. The van der Waals surface area contributed by atoms with Gasteiger partial charge in [-0.2, -0.15) is 0 Å². The number of hydrogen-bond acceptors (Lipinski definition) is 0. The Bertz CT molecular complexity index is 283. The summed E-state index contributed by atoms with van der Waals surface area (Å²) in [4.78, 5) is 0. The lowest BCUT2D eigenvalue weighted by molar-refractivity contribution is 0.894. The van der Waals surface area contributed by atoms with Gasteiger partial charge in [-0.3, -0.25) is 0 Å². The molecule has 0 aromatic heterocycles. The molecule has 0 aromatic carbocycles. The van der Waals surface area contributed by atoms with Crippen molar-refractivity contribution in [1.29, 1.82) is 0 Å². The van der Waals surface area contributed by atoms with Crippen LogP contribution in [0.2, 0.25) is 0 Å². The highest BCUT2D eigenvalue weighted by molar-refractivity contribution is 5.15. The lowest BCUT2D eigenvalue weighted by Crippen LogP contribution is -1.81. The smallest absolute Gasteiger partial charge is 0.0161 e. The van der Waals surface area contributed by atoms with E-state index in [9.17, 15) is 0 Å². The fourth-order valence-corrected chi connectivity index (χ4v) is 1.46. The quantitative estimate of drug-likeness (QED) is 0.386. The summed E-state index contributed by atoms with van der Waals surface area (Å²) in [6, 6.07) is 0. The van der Waals surface area contributed by atoms with Crippen molar-refractivity contribution < 1.29 is 0 Å². The molecule has 0 saturated heterocycles. The van der Waals surface area contributed by atoms with Crippen molar-refractivity contribution in [2.24, 2.45) is 0 Å². The number of allylic oxidation sites excluding steroid dienone is 7. The van der Waals surface area contributed by atoms with Gasteiger partial charge in [0.2, 0.25) is 0 Å². The highest BCUT2D eigenvalue weighted by Gasteiger charge is 1.92. The van der Waals surface area contributed by atoms with E-state index < -0.39 is 0 Å². The molecule has 90 valence electrons. The third-order valence-corrected chi connectivity index (χ3v) is 2.64. The van der Waals surface area contributed by atoms with Crippen LogP contribution in [0.4, 0.5) is 0 Å². The van der Waals surface area contributed by atoms with Crippen molar-refractivity contribution in [2.75, 3.05) is 0 Å². The van der Waals surface area contributed by atoms with Crippen molar-refractivity contribution in [3.63, 3.8) is 0 Å². The van der Waals surface area contributed by atoms with E-state index in [0.29, 0.717) is 0 Å². The molecule has 0 heterocycles. The average molecular weight is 218 g/mol. The van der Waals surface area contributed by atoms with Crippen LogP contribution in [0.5, 0.6) is 0 Å². The van der Waals surface area contributed by atoms with Gasteiger partial charge in [0.25, 0.3) is 0 Å². The predicted molar refractivity (Wildman–Crippen MR) is 75.6 cm³/mol. The van der Waals surface area contributed by atoms with Gasteiger partial charge in [-0.15, -0.1) is 0 Å².